The van der Waals surface area contributed by atoms with Crippen LogP contribution in [0.2, 0.25) is 0 Å². The van der Waals surface area contributed by atoms with Crippen molar-refractivity contribution < 1.29 is 18.0 Å². The Morgan fingerprint density at radius 1 is 1.03 bits per heavy atom. The highest BCUT2D eigenvalue weighted by molar-refractivity contribution is 5.95. The Hall–Kier alpha value is -3.95. The van der Waals surface area contributed by atoms with Gasteiger partial charge in [-0.25, -0.2) is 14.6 Å². The van der Waals surface area contributed by atoms with E-state index in [2.05, 4.69) is 20.4 Å². The van der Waals surface area contributed by atoms with Crippen LogP contribution in [0.1, 0.15) is 59.9 Å². The number of nitrogens with zero attached hydrogens (tertiary/aromatic N) is 5. The predicted molar refractivity (Wildman–Crippen MR) is 120 cm³/mol. The molecule has 10 heteroatoms. The quantitative estimate of drug-likeness (QED) is 0.428. The number of alkyl halides is 3. The molecule has 0 aliphatic rings. The second kappa shape index (κ2) is 9.12. The number of hydrogen-bond donors (Lipinski definition) is 1. The normalized spacial score (nSPS) is 12.7. The smallest absolute Gasteiger partial charge is 0.345 e. The zero-order chi connectivity index (χ0) is 24.5. The van der Waals surface area contributed by atoms with E-state index in [-0.39, 0.29) is 23.7 Å². The monoisotopic (exact) mass is 468 g/mol. The second-order valence-electron chi connectivity index (χ2n) is 8.17. The van der Waals surface area contributed by atoms with E-state index < -0.39 is 11.7 Å². The van der Waals surface area contributed by atoms with E-state index in [0.717, 1.165) is 23.5 Å². The molecular weight excluding hydrogens is 445 g/mol. The topological polar surface area (TPSA) is 77.6 Å². The third-order valence-corrected chi connectivity index (χ3v) is 5.43. The molecule has 0 saturated carbocycles. The highest BCUT2D eigenvalue weighted by Crippen LogP contribution is 2.29. The molecule has 3 aromatic heterocycles. The molecule has 0 aliphatic carbocycles. The highest BCUT2D eigenvalue weighted by atomic mass is 19.4. The number of amides is 1. The summed E-state index contributed by atoms with van der Waals surface area (Å²) >= 11 is 0. The minimum atomic E-state index is -4.48. The van der Waals surface area contributed by atoms with E-state index in [1.165, 1.54) is 16.9 Å². The number of hydrogen-bond acceptors (Lipinski definition) is 4. The third-order valence-electron chi connectivity index (χ3n) is 5.43. The number of rotatable bonds is 6. The molecule has 0 aliphatic heterocycles. The maximum atomic E-state index is 13.1. The number of carbonyl (C=O) groups is 1. The van der Waals surface area contributed by atoms with Crippen molar-refractivity contribution in [3.05, 3.63) is 89.9 Å². The maximum Gasteiger partial charge on any atom is 0.417 e. The number of benzene rings is 1. The van der Waals surface area contributed by atoms with Gasteiger partial charge in [-0.3, -0.25) is 4.79 Å². The summed E-state index contributed by atoms with van der Waals surface area (Å²) in [6.07, 6.45) is 2.95. The number of aromatic nitrogens is 5. The molecule has 1 N–H and O–H groups in total. The van der Waals surface area contributed by atoms with Crippen LogP contribution in [-0.2, 0) is 6.18 Å². The standard InChI is InChI=1S/C24H23F3N6O/c1-15(2)22-20(13-30-33(22)21-9-6-18(12-29-21)24(25,26)27)23(34)31-16(3)17-4-7-19(8-5-17)32-11-10-28-14-32/h4-16H,1-3H3,(H,31,34). The molecule has 7 nitrogen and oxygen atoms in total. The average molecular weight is 468 g/mol. The van der Waals surface area contributed by atoms with Crippen LogP contribution in [0.25, 0.3) is 11.5 Å². The number of nitrogens with one attached hydrogen (secondary N) is 1. The summed E-state index contributed by atoms with van der Waals surface area (Å²) in [5.74, 6) is -0.246. The van der Waals surface area contributed by atoms with Crippen molar-refractivity contribution in [1.29, 1.82) is 0 Å². The van der Waals surface area contributed by atoms with Crippen molar-refractivity contribution in [2.24, 2.45) is 0 Å². The Kier molecular flexibility index (Phi) is 6.23. The van der Waals surface area contributed by atoms with Crippen molar-refractivity contribution >= 4 is 5.91 Å². The van der Waals surface area contributed by atoms with Gasteiger partial charge in [0, 0.05) is 24.3 Å². The summed E-state index contributed by atoms with van der Waals surface area (Å²) in [7, 11) is 0. The molecule has 4 aromatic rings. The Morgan fingerprint density at radius 2 is 1.76 bits per heavy atom. The summed E-state index contributed by atoms with van der Waals surface area (Å²) in [6, 6.07) is 9.65. The summed E-state index contributed by atoms with van der Waals surface area (Å²) in [5.41, 5.74) is 1.93. The lowest BCUT2D eigenvalue weighted by molar-refractivity contribution is -0.137. The molecule has 0 saturated heterocycles. The number of halogens is 3. The van der Waals surface area contributed by atoms with Crippen LogP contribution in [0.3, 0.4) is 0 Å². The second-order valence-corrected chi connectivity index (χ2v) is 8.17. The molecular formula is C24H23F3N6O. The Morgan fingerprint density at radius 3 is 2.32 bits per heavy atom. The lowest BCUT2D eigenvalue weighted by atomic mass is 10.0. The van der Waals surface area contributed by atoms with Gasteiger partial charge in [0.05, 0.1) is 35.4 Å². The molecule has 34 heavy (non-hydrogen) atoms. The van der Waals surface area contributed by atoms with Crippen LogP contribution < -0.4 is 5.32 Å². The Balaban J connectivity index is 1.55. The van der Waals surface area contributed by atoms with E-state index in [4.69, 9.17) is 0 Å². The third kappa shape index (κ3) is 4.70. The minimum absolute atomic E-state index is 0.128. The van der Waals surface area contributed by atoms with Crippen LogP contribution in [0.5, 0.6) is 0 Å². The molecule has 176 valence electrons. The van der Waals surface area contributed by atoms with Crippen molar-refractivity contribution in [2.75, 3.05) is 0 Å². The lowest BCUT2D eigenvalue weighted by Gasteiger charge is -2.17. The van der Waals surface area contributed by atoms with Crippen LogP contribution in [0, 0.1) is 0 Å². The van der Waals surface area contributed by atoms with Gasteiger partial charge in [0.15, 0.2) is 5.82 Å². The molecule has 0 bridgehead atoms. The molecule has 0 spiro atoms. The average Bonchev–Trinajstić information content (AvgIpc) is 3.49. The first-order chi connectivity index (χ1) is 16.1. The number of carbonyl (C=O) groups excluding carboxylic acids is 1. The van der Waals surface area contributed by atoms with Gasteiger partial charge in [0.25, 0.3) is 5.91 Å². The van der Waals surface area contributed by atoms with Crippen LogP contribution in [-0.4, -0.2) is 30.2 Å². The fourth-order valence-corrected chi connectivity index (χ4v) is 3.65. The number of imidazole rings is 1. The van der Waals surface area contributed by atoms with Crippen molar-refractivity contribution in [3.63, 3.8) is 0 Å². The minimum Gasteiger partial charge on any atom is -0.345 e. The van der Waals surface area contributed by atoms with Gasteiger partial charge in [-0.05, 0) is 42.7 Å². The fourth-order valence-electron chi connectivity index (χ4n) is 3.65. The van der Waals surface area contributed by atoms with Gasteiger partial charge in [0.1, 0.15) is 0 Å². The first kappa shape index (κ1) is 23.2. The van der Waals surface area contributed by atoms with Gasteiger partial charge < -0.3 is 9.88 Å². The van der Waals surface area contributed by atoms with E-state index in [0.29, 0.717) is 11.3 Å². The van der Waals surface area contributed by atoms with E-state index >= 15 is 0 Å². The van der Waals surface area contributed by atoms with Crippen molar-refractivity contribution in [3.8, 4) is 11.5 Å². The Labute approximate surface area is 194 Å². The number of pyridine rings is 1. The Bertz CT molecular complexity index is 1260. The molecule has 1 aromatic carbocycles. The van der Waals surface area contributed by atoms with E-state index in [9.17, 15) is 18.0 Å². The SMILES string of the molecule is CC(C)c1c(C(=O)NC(C)c2ccc(-n3ccnc3)cc2)cnn1-c1ccc(C(F)(F)F)cn1. The molecule has 1 amide bonds. The molecule has 0 fully saturated rings. The molecule has 1 atom stereocenters. The van der Waals surface area contributed by atoms with Crippen LogP contribution >= 0.6 is 0 Å². The molecule has 0 radical (unpaired) electrons. The summed E-state index contributed by atoms with van der Waals surface area (Å²) in [4.78, 5) is 21.0. The van der Waals surface area contributed by atoms with E-state index in [1.54, 1.807) is 12.5 Å². The van der Waals surface area contributed by atoms with E-state index in [1.807, 2.05) is 55.8 Å². The molecule has 4 rings (SSSR count). The maximum absolute atomic E-state index is 13.1. The predicted octanol–water partition coefficient (Wildman–Crippen LogP) is 5.09. The first-order valence-corrected chi connectivity index (χ1v) is 10.7. The fraction of sp³-hybridized carbons (Fsp3) is 0.250. The van der Waals surface area contributed by atoms with Gasteiger partial charge in [-0.15, -0.1) is 0 Å². The first-order valence-electron chi connectivity index (χ1n) is 10.7. The lowest BCUT2D eigenvalue weighted by Crippen LogP contribution is -2.27. The van der Waals surface area contributed by atoms with Gasteiger partial charge in [-0.2, -0.15) is 18.3 Å². The molecule has 1 unspecified atom stereocenters. The van der Waals surface area contributed by atoms with Crippen molar-refractivity contribution in [2.45, 2.75) is 38.9 Å². The summed E-state index contributed by atoms with van der Waals surface area (Å²) in [5, 5.41) is 7.22. The van der Waals surface area contributed by atoms with Gasteiger partial charge in [-0.1, -0.05) is 26.0 Å². The zero-order valence-corrected chi connectivity index (χ0v) is 18.8. The molecule has 3 heterocycles. The largest absolute Gasteiger partial charge is 0.417 e. The summed E-state index contributed by atoms with van der Waals surface area (Å²) in [6.45, 7) is 5.64. The van der Waals surface area contributed by atoms with Gasteiger partial charge in [0.2, 0.25) is 0 Å². The zero-order valence-electron chi connectivity index (χ0n) is 18.8. The highest BCUT2D eigenvalue weighted by Gasteiger charge is 2.31. The van der Waals surface area contributed by atoms with Crippen molar-refractivity contribution in [1.82, 2.24) is 29.6 Å². The van der Waals surface area contributed by atoms with Crippen LogP contribution in [0.4, 0.5) is 13.2 Å². The van der Waals surface area contributed by atoms with Gasteiger partial charge >= 0.3 is 6.18 Å². The van der Waals surface area contributed by atoms with Crippen LogP contribution in [0.15, 0.2) is 67.5 Å². The summed E-state index contributed by atoms with van der Waals surface area (Å²) < 4.78 is 41.9.